The van der Waals surface area contributed by atoms with Gasteiger partial charge in [-0.3, -0.25) is 4.79 Å². The van der Waals surface area contributed by atoms with Crippen LogP contribution in [-0.4, -0.2) is 6.61 Å². The molecule has 0 saturated carbocycles. The zero-order chi connectivity index (χ0) is 15.9. The van der Waals surface area contributed by atoms with Gasteiger partial charge in [0.25, 0.3) is 0 Å². The van der Waals surface area contributed by atoms with Gasteiger partial charge in [0.1, 0.15) is 17.1 Å². The minimum absolute atomic E-state index is 0.0428. The molecule has 0 atom stereocenters. The monoisotopic (exact) mass is 302 g/mol. The summed E-state index contributed by atoms with van der Waals surface area (Å²) >= 11 is 0. The van der Waals surface area contributed by atoms with Crippen molar-refractivity contribution in [1.82, 2.24) is 0 Å². The fraction of sp³-hybridized carbons (Fsp3) is 0.526. The van der Waals surface area contributed by atoms with E-state index < -0.39 is 0 Å². The van der Waals surface area contributed by atoms with E-state index in [4.69, 9.17) is 9.15 Å². The average molecular weight is 302 g/mol. The minimum atomic E-state index is 0.0428. The molecule has 0 aliphatic heterocycles. The van der Waals surface area contributed by atoms with Gasteiger partial charge in [0.05, 0.1) is 12.0 Å². The highest BCUT2D eigenvalue weighted by Crippen LogP contribution is 2.21. The van der Waals surface area contributed by atoms with E-state index in [1.807, 2.05) is 19.1 Å². The Balaban J connectivity index is 1.93. The van der Waals surface area contributed by atoms with Gasteiger partial charge in [0.2, 0.25) is 0 Å². The summed E-state index contributed by atoms with van der Waals surface area (Å²) in [5, 5.41) is 0.620. The number of benzene rings is 1. The van der Waals surface area contributed by atoms with Crippen LogP contribution in [0.15, 0.2) is 27.4 Å². The lowest BCUT2D eigenvalue weighted by atomic mass is 10.1. The molecule has 120 valence electrons. The van der Waals surface area contributed by atoms with Crippen LogP contribution in [0.4, 0.5) is 0 Å². The normalized spacial score (nSPS) is 11.0. The molecule has 0 radical (unpaired) electrons. The molecule has 0 fully saturated rings. The second kappa shape index (κ2) is 8.02. The van der Waals surface area contributed by atoms with Crippen molar-refractivity contribution in [3.05, 3.63) is 39.7 Å². The third kappa shape index (κ3) is 4.12. The van der Waals surface area contributed by atoms with Crippen LogP contribution in [0.3, 0.4) is 0 Å². The number of ether oxygens (including phenoxy) is 1. The van der Waals surface area contributed by atoms with E-state index in [1.165, 1.54) is 32.1 Å². The van der Waals surface area contributed by atoms with Crippen LogP contribution >= 0.6 is 0 Å². The number of fused-ring (bicyclic) bond motifs is 1. The van der Waals surface area contributed by atoms with Crippen LogP contribution in [0.1, 0.15) is 56.8 Å². The van der Waals surface area contributed by atoms with Crippen molar-refractivity contribution in [2.24, 2.45) is 0 Å². The van der Waals surface area contributed by atoms with Gasteiger partial charge in [-0.15, -0.1) is 0 Å². The zero-order valence-corrected chi connectivity index (χ0v) is 13.9. The Morgan fingerprint density at radius 3 is 2.55 bits per heavy atom. The smallest absolute Gasteiger partial charge is 0.195 e. The SMILES string of the molecule is CCCCCCCCOc1ccc2c(=O)c(C)c(C)oc2c1. The molecule has 22 heavy (non-hydrogen) atoms. The molecule has 3 nitrogen and oxygen atoms in total. The van der Waals surface area contributed by atoms with E-state index in [1.54, 1.807) is 13.0 Å². The molecule has 0 bridgehead atoms. The summed E-state index contributed by atoms with van der Waals surface area (Å²) in [6.07, 6.45) is 7.47. The molecule has 0 aliphatic rings. The molecule has 2 aromatic rings. The summed E-state index contributed by atoms with van der Waals surface area (Å²) in [4.78, 5) is 12.1. The molecule has 1 aromatic heterocycles. The predicted octanol–water partition coefficient (Wildman–Crippen LogP) is 5.15. The predicted molar refractivity (Wildman–Crippen MR) is 90.8 cm³/mol. The molecule has 0 unspecified atom stereocenters. The van der Waals surface area contributed by atoms with Gasteiger partial charge in [-0.2, -0.15) is 0 Å². The van der Waals surface area contributed by atoms with Crippen LogP contribution in [0.5, 0.6) is 5.75 Å². The first-order chi connectivity index (χ1) is 10.6. The topological polar surface area (TPSA) is 39.4 Å². The lowest BCUT2D eigenvalue weighted by molar-refractivity contribution is 0.304. The van der Waals surface area contributed by atoms with Crippen molar-refractivity contribution in [2.45, 2.75) is 59.3 Å². The Morgan fingerprint density at radius 1 is 1.05 bits per heavy atom. The maximum absolute atomic E-state index is 12.1. The van der Waals surface area contributed by atoms with Crippen molar-refractivity contribution < 1.29 is 9.15 Å². The molecule has 0 saturated heterocycles. The van der Waals surface area contributed by atoms with Crippen molar-refractivity contribution in [3.63, 3.8) is 0 Å². The lowest BCUT2D eigenvalue weighted by Crippen LogP contribution is -2.07. The number of unbranched alkanes of at least 4 members (excludes halogenated alkanes) is 5. The zero-order valence-electron chi connectivity index (χ0n) is 13.9. The molecule has 1 aromatic carbocycles. The number of aryl methyl sites for hydroxylation is 1. The molecule has 0 aliphatic carbocycles. The maximum atomic E-state index is 12.1. The van der Waals surface area contributed by atoms with Gasteiger partial charge in [0, 0.05) is 11.6 Å². The number of hydrogen-bond donors (Lipinski definition) is 0. The van der Waals surface area contributed by atoms with E-state index in [9.17, 15) is 4.79 Å². The Morgan fingerprint density at radius 2 is 1.77 bits per heavy atom. The highest BCUT2D eigenvalue weighted by atomic mass is 16.5. The summed E-state index contributed by atoms with van der Waals surface area (Å²) < 4.78 is 11.5. The Hall–Kier alpha value is -1.77. The van der Waals surface area contributed by atoms with Gasteiger partial charge in [0.15, 0.2) is 5.43 Å². The second-order valence-electron chi connectivity index (χ2n) is 5.89. The number of rotatable bonds is 8. The summed E-state index contributed by atoms with van der Waals surface area (Å²) in [6.45, 7) is 6.56. The molecular formula is C19H26O3. The third-order valence-corrected chi connectivity index (χ3v) is 4.10. The van der Waals surface area contributed by atoms with Crippen LogP contribution in [0.2, 0.25) is 0 Å². The van der Waals surface area contributed by atoms with Gasteiger partial charge >= 0.3 is 0 Å². The second-order valence-corrected chi connectivity index (χ2v) is 5.89. The molecule has 3 heteroatoms. The van der Waals surface area contributed by atoms with E-state index in [0.717, 1.165) is 12.2 Å². The molecular weight excluding hydrogens is 276 g/mol. The van der Waals surface area contributed by atoms with E-state index in [-0.39, 0.29) is 5.43 Å². The van der Waals surface area contributed by atoms with Crippen LogP contribution in [0, 0.1) is 13.8 Å². The Labute approximate surface area is 132 Å². The molecule has 0 amide bonds. The van der Waals surface area contributed by atoms with Crippen molar-refractivity contribution >= 4 is 11.0 Å². The van der Waals surface area contributed by atoms with Gasteiger partial charge in [-0.05, 0) is 32.4 Å². The van der Waals surface area contributed by atoms with Crippen molar-refractivity contribution in [1.29, 1.82) is 0 Å². The average Bonchev–Trinajstić information content (AvgIpc) is 2.52. The fourth-order valence-electron chi connectivity index (χ4n) is 2.54. The van der Waals surface area contributed by atoms with Gasteiger partial charge in [-0.1, -0.05) is 39.0 Å². The molecule has 2 rings (SSSR count). The first-order valence-electron chi connectivity index (χ1n) is 8.30. The molecule has 0 N–H and O–H groups in total. The van der Waals surface area contributed by atoms with Crippen molar-refractivity contribution in [3.8, 4) is 5.75 Å². The third-order valence-electron chi connectivity index (χ3n) is 4.10. The van der Waals surface area contributed by atoms with Gasteiger partial charge < -0.3 is 9.15 Å². The van der Waals surface area contributed by atoms with Crippen LogP contribution in [0.25, 0.3) is 11.0 Å². The summed E-state index contributed by atoms with van der Waals surface area (Å²) in [7, 11) is 0. The van der Waals surface area contributed by atoms with Crippen molar-refractivity contribution in [2.75, 3.05) is 6.61 Å². The molecule has 1 heterocycles. The summed E-state index contributed by atoms with van der Waals surface area (Å²) in [5.41, 5.74) is 1.32. The Bertz CT molecular complexity index is 670. The van der Waals surface area contributed by atoms with Gasteiger partial charge in [-0.25, -0.2) is 0 Å². The highest BCUT2D eigenvalue weighted by molar-refractivity contribution is 5.78. The summed E-state index contributed by atoms with van der Waals surface area (Å²) in [6, 6.07) is 5.47. The van der Waals surface area contributed by atoms with E-state index in [0.29, 0.717) is 28.9 Å². The lowest BCUT2D eigenvalue weighted by Gasteiger charge is -2.08. The maximum Gasteiger partial charge on any atom is 0.195 e. The van der Waals surface area contributed by atoms with E-state index in [2.05, 4.69) is 6.92 Å². The number of hydrogen-bond acceptors (Lipinski definition) is 3. The fourth-order valence-corrected chi connectivity index (χ4v) is 2.54. The largest absolute Gasteiger partial charge is 0.493 e. The minimum Gasteiger partial charge on any atom is -0.493 e. The first kappa shape index (κ1) is 16.6. The summed E-state index contributed by atoms with van der Waals surface area (Å²) in [5.74, 6) is 1.44. The first-order valence-corrected chi connectivity index (χ1v) is 8.30. The standard InChI is InChI=1S/C19H26O3/c1-4-5-6-7-8-9-12-21-16-10-11-17-18(13-16)22-15(3)14(2)19(17)20/h10-11,13H,4-9,12H2,1-3H3. The van der Waals surface area contributed by atoms with Crippen LogP contribution < -0.4 is 10.2 Å². The quantitative estimate of drug-likeness (QED) is 0.633. The van der Waals surface area contributed by atoms with Crippen LogP contribution in [-0.2, 0) is 0 Å². The highest BCUT2D eigenvalue weighted by Gasteiger charge is 2.08. The van der Waals surface area contributed by atoms with E-state index >= 15 is 0 Å². The molecule has 0 spiro atoms. The Kier molecular flexibility index (Phi) is 6.05.